The van der Waals surface area contributed by atoms with Crippen molar-refractivity contribution >= 4 is 5.91 Å². The van der Waals surface area contributed by atoms with Crippen LogP contribution in [0, 0.1) is 0 Å². The summed E-state index contributed by atoms with van der Waals surface area (Å²) in [6, 6.07) is 2.13. The molecule has 0 radical (unpaired) electrons. The highest BCUT2D eigenvalue weighted by molar-refractivity contribution is 5.78. The number of aryl methyl sites for hydroxylation is 1. The third kappa shape index (κ3) is 2.98. The lowest BCUT2D eigenvalue weighted by atomic mass is 9.93. The first-order valence-corrected chi connectivity index (χ1v) is 7.11. The maximum atomic E-state index is 12.1. The van der Waals surface area contributed by atoms with Crippen molar-refractivity contribution in [2.45, 2.75) is 25.3 Å². The zero-order valence-electron chi connectivity index (χ0n) is 11.2. The van der Waals surface area contributed by atoms with E-state index in [0.717, 1.165) is 51.2 Å². The van der Waals surface area contributed by atoms with Crippen LogP contribution in [0.4, 0.5) is 0 Å². The second-order valence-electron chi connectivity index (χ2n) is 5.34. The smallest absolute Gasteiger partial charge is 0.234 e. The van der Waals surface area contributed by atoms with E-state index in [1.165, 1.54) is 5.56 Å². The molecule has 1 unspecified atom stereocenters. The fraction of sp³-hybridized carbons (Fsp3) is 0.643. The Morgan fingerprint density at radius 2 is 2.32 bits per heavy atom. The van der Waals surface area contributed by atoms with Gasteiger partial charge in [-0.1, -0.05) is 0 Å². The van der Waals surface area contributed by atoms with Crippen LogP contribution in [0.2, 0.25) is 0 Å². The largest absolute Gasteiger partial charge is 0.469 e. The van der Waals surface area contributed by atoms with E-state index in [9.17, 15) is 4.79 Å². The van der Waals surface area contributed by atoms with Gasteiger partial charge in [-0.2, -0.15) is 0 Å². The summed E-state index contributed by atoms with van der Waals surface area (Å²) in [6.45, 7) is 4.36. The molecule has 0 aromatic carbocycles. The summed E-state index contributed by atoms with van der Waals surface area (Å²) in [5.41, 5.74) is 1.17. The molecule has 1 saturated heterocycles. The van der Waals surface area contributed by atoms with E-state index in [2.05, 4.69) is 15.5 Å². The van der Waals surface area contributed by atoms with Gasteiger partial charge < -0.3 is 15.1 Å². The molecular formula is C14H21N3O2. The number of amides is 1. The SMILES string of the molecule is O=C(CN1CCNCC1)NC1CCCc2occc21. The molecule has 5 heteroatoms. The summed E-state index contributed by atoms with van der Waals surface area (Å²) >= 11 is 0. The average Bonchev–Trinajstić information content (AvgIpc) is 2.89. The van der Waals surface area contributed by atoms with E-state index < -0.39 is 0 Å². The Hall–Kier alpha value is -1.33. The van der Waals surface area contributed by atoms with Crippen LogP contribution in [0.5, 0.6) is 0 Å². The van der Waals surface area contributed by atoms with Crippen LogP contribution in [0.1, 0.15) is 30.2 Å². The topological polar surface area (TPSA) is 57.5 Å². The molecule has 1 aromatic rings. The van der Waals surface area contributed by atoms with Gasteiger partial charge in [0, 0.05) is 38.2 Å². The van der Waals surface area contributed by atoms with Crippen LogP contribution in [0.3, 0.4) is 0 Å². The highest BCUT2D eigenvalue weighted by atomic mass is 16.3. The Morgan fingerprint density at radius 1 is 1.47 bits per heavy atom. The van der Waals surface area contributed by atoms with E-state index in [-0.39, 0.29) is 11.9 Å². The molecule has 104 valence electrons. The molecule has 3 rings (SSSR count). The Kier molecular flexibility index (Phi) is 3.84. The molecule has 1 aliphatic carbocycles. The van der Waals surface area contributed by atoms with Crippen molar-refractivity contribution in [2.75, 3.05) is 32.7 Å². The maximum Gasteiger partial charge on any atom is 0.234 e. The lowest BCUT2D eigenvalue weighted by molar-refractivity contribution is -0.123. The number of hydrogen-bond acceptors (Lipinski definition) is 4. The highest BCUT2D eigenvalue weighted by Crippen LogP contribution is 2.30. The predicted molar refractivity (Wildman–Crippen MR) is 71.8 cm³/mol. The summed E-state index contributed by atoms with van der Waals surface area (Å²) in [5.74, 6) is 1.17. The summed E-state index contributed by atoms with van der Waals surface area (Å²) in [7, 11) is 0. The van der Waals surface area contributed by atoms with Gasteiger partial charge in [0.1, 0.15) is 5.76 Å². The van der Waals surface area contributed by atoms with Gasteiger partial charge in [-0.3, -0.25) is 9.69 Å². The molecule has 5 nitrogen and oxygen atoms in total. The van der Waals surface area contributed by atoms with Crippen LogP contribution in [0.25, 0.3) is 0 Å². The normalized spacial score (nSPS) is 23.9. The monoisotopic (exact) mass is 263 g/mol. The number of carbonyl (C=O) groups excluding carboxylic acids is 1. The zero-order valence-corrected chi connectivity index (χ0v) is 11.2. The van der Waals surface area contributed by atoms with E-state index in [1.54, 1.807) is 6.26 Å². The molecule has 0 spiro atoms. The van der Waals surface area contributed by atoms with Gasteiger partial charge in [-0.15, -0.1) is 0 Å². The number of nitrogens with zero attached hydrogens (tertiary/aromatic N) is 1. The maximum absolute atomic E-state index is 12.1. The van der Waals surface area contributed by atoms with Crippen molar-refractivity contribution < 1.29 is 9.21 Å². The van der Waals surface area contributed by atoms with Crippen LogP contribution >= 0.6 is 0 Å². The first-order chi connectivity index (χ1) is 9.33. The zero-order chi connectivity index (χ0) is 13.1. The number of piperazine rings is 1. The van der Waals surface area contributed by atoms with Crippen LogP contribution in [-0.2, 0) is 11.2 Å². The fourth-order valence-corrected chi connectivity index (χ4v) is 2.95. The van der Waals surface area contributed by atoms with Crippen LogP contribution < -0.4 is 10.6 Å². The van der Waals surface area contributed by atoms with Gasteiger partial charge in [0.15, 0.2) is 0 Å². The Bertz CT molecular complexity index is 438. The Morgan fingerprint density at radius 3 is 3.16 bits per heavy atom. The molecule has 1 fully saturated rings. The first kappa shape index (κ1) is 12.7. The third-order valence-electron chi connectivity index (χ3n) is 3.96. The van der Waals surface area contributed by atoms with Crippen molar-refractivity contribution in [3.05, 3.63) is 23.7 Å². The lowest BCUT2D eigenvalue weighted by Crippen LogP contribution is -2.48. The van der Waals surface area contributed by atoms with Crippen molar-refractivity contribution in [1.82, 2.24) is 15.5 Å². The molecule has 1 aromatic heterocycles. The number of rotatable bonds is 3. The van der Waals surface area contributed by atoms with Gasteiger partial charge in [0.05, 0.1) is 18.8 Å². The van der Waals surface area contributed by atoms with Crippen molar-refractivity contribution in [3.63, 3.8) is 0 Å². The van der Waals surface area contributed by atoms with Gasteiger partial charge in [0.2, 0.25) is 5.91 Å². The van der Waals surface area contributed by atoms with Gasteiger partial charge >= 0.3 is 0 Å². The quantitative estimate of drug-likeness (QED) is 0.842. The number of fused-ring (bicyclic) bond motifs is 1. The molecule has 19 heavy (non-hydrogen) atoms. The van der Waals surface area contributed by atoms with Gasteiger partial charge in [0.25, 0.3) is 0 Å². The molecule has 0 bridgehead atoms. The minimum Gasteiger partial charge on any atom is -0.469 e. The lowest BCUT2D eigenvalue weighted by Gasteiger charge is -2.28. The second kappa shape index (κ2) is 5.75. The minimum atomic E-state index is 0.126. The van der Waals surface area contributed by atoms with Crippen molar-refractivity contribution in [3.8, 4) is 0 Å². The van der Waals surface area contributed by atoms with E-state index in [1.807, 2.05) is 6.07 Å². The minimum absolute atomic E-state index is 0.126. The molecule has 2 heterocycles. The number of carbonyl (C=O) groups is 1. The van der Waals surface area contributed by atoms with Crippen molar-refractivity contribution in [1.29, 1.82) is 0 Å². The Balaban J connectivity index is 1.55. The molecule has 2 N–H and O–H groups in total. The van der Waals surface area contributed by atoms with E-state index >= 15 is 0 Å². The predicted octanol–water partition coefficient (Wildman–Crippen LogP) is 0.678. The van der Waals surface area contributed by atoms with Crippen LogP contribution in [-0.4, -0.2) is 43.5 Å². The molecule has 2 aliphatic rings. The third-order valence-corrected chi connectivity index (χ3v) is 3.96. The van der Waals surface area contributed by atoms with E-state index in [4.69, 9.17) is 4.42 Å². The number of nitrogens with one attached hydrogen (secondary N) is 2. The fourth-order valence-electron chi connectivity index (χ4n) is 2.95. The van der Waals surface area contributed by atoms with Crippen molar-refractivity contribution in [2.24, 2.45) is 0 Å². The second-order valence-corrected chi connectivity index (χ2v) is 5.34. The number of hydrogen-bond donors (Lipinski definition) is 2. The first-order valence-electron chi connectivity index (χ1n) is 7.11. The molecular weight excluding hydrogens is 242 g/mol. The molecule has 1 atom stereocenters. The van der Waals surface area contributed by atoms with E-state index in [0.29, 0.717) is 6.54 Å². The highest BCUT2D eigenvalue weighted by Gasteiger charge is 2.24. The molecule has 1 aliphatic heterocycles. The standard InChI is InChI=1S/C14H21N3O2/c18-14(10-17-7-5-15-6-8-17)16-12-2-1-3-13-11(12)4-9-19-13/h4,9,12,15H,1-3,5-8,10H2,(H,16,18). The summed E-state index contributed by atoms with van der Waals surface area (Å²) in [6.07, 6.45) is 4.82. The van der Waals surface area contributed by atoms with Gasteiger partial charge in [-0.05, 0) is 18.9 Å². The summed E-state index contributed by atoms with van der Waals surface area (Å²) in [4.78, 5) is 14.3. The van der Waals surface area contributed by atoms with Gasteiger partial charge in [-0.25, -0.2) is 0 Å². The molecule has 1 amide bonds. The summed E-state index contributed by atoms with van der Waals surface area (Å²) in [5, 5.41) is 6.44. The molecule has 0 saturated carbocycles. The summed E-state index contributed by atoms with van der Waals surface area (Å²) < 4.78 is 5.45. The van der Waals surface area contributed by atoms with Crippen LogP contribution in [0.15, 0.2) is 16.7 Å². The number of furan rings is 1. The Labute approximate surface area is 113 Å². The average molecular weight is 263 g/mol.